The van der Waals surface area contributed by atoms with Crippen LogP contribution in [-0.4, -0.2) is 53.3 Å². The molecular formula is C20H23Cl2N3O5S. The third-order valence-corrected chi connectivity index (χ3v) is 5.66. The number of nitrogens with zero attached hydrogens (tertiary/aromatic N) is 1. The van der Waals surface area contributed by atoms with Crippen molar-refractivity contribution in [1.82, 2.24) is 5.32 Å². The van der Waals surface area contributed by atoms with Gasteiger partial charge in [0.25, 0.3) is 5.91 Å². The van der Waals surface area contributed by atoms with Crippen LogP contribution in [-0.2, 0) is 19.6 Å². The monoisotopic (exact) mass is 487 g/mol. The summed E-state index contributed by atoms with van der Waals surface area (Å²) in [5, 5.41) is 5.80. The van der Waals surface area contributed by atoms with E-state index in [1.54, 1.807) is 31.4 Å². The lowest BCUT2D eigenvalue weighted by Gasteiger charge is -2.22. The van der Waals surface area contributed by atoms with Crippen LogP contribution in [0, 0.1) is 0 Å². The van der Waals surface area contributed by atoms with Gasteiger partial charge in [0.1, 0.15) is 6.54 Å². The van der Waals surface area contributed by atoms with Crippen molar-refractivity contribution in [2.45, 2.75) is 6.42 Å². The number of carbonyl (C=O) groups excluding carboxylic acids is 2. The molecule has 0 radical (unpaired) electrons. The number of rotatable bonds is 10. The van der Waals surface area contributed by atoms with Crippen molar-refractivity contribution in [1.29, 1.82) is 0 Å². The van der Waals surface area contributed by atoms with Gasteiger partial charge in [-0.2, -0.15) is 0 Å². The minimum atomic E-state index is -3.82. The molecule has 0 fully saturated rings. The number of halogens is 2. The average Bonchev–Trinajstić information content (AvgIpc) is 2.68. The van der Waals surface area contributed by atoms with Gasteiger partial charge in [-0.3, -0.25) is 13.9 Å². The molecule has 0 atom stereocenters. The summed E-state index contributed by atoms with van der Waals surface area (Å²) in [6, 6.07) is 10.7. The summed E-state index contributed by atoms with van der Waals surface area (Å²) < 4.78 is 30.4. The van der Waals surface area contributed by atoms with Crippen molar-refractivity contribution in [3.63, 3.8) is 0 Å². The second kappa shape index (κ2) is 11.3. The van der Waals surface area contributed by atoms with E-state index in [0.29, 0.717) is 19.6 Å². The maximum atomic E-state index is 12.7. The number of methoxy groups -OCH3 is 1. The normalized spacial score (nSPS) is 11.1. The molecule has 0 aliphatic heterocycles. The Bertz CT molecular complexity index is 1030. The van der Waals surface area contributed by atoms with Gasteiger partial charge in [0.2, 0.25) is 15.9 Å². The first-order chi connectivity index (χ1) is 14.6. The maximum Gasteiger partial charge on any atom is 0.253 e. The van der Waals surface area contributed by atoms with Gasteiger partial charge in [0, 0.05) is 30.3 Å². The first-order valence-corrected chi connectivity index (χ1v) is 11.8. The van der Waals surface area contributed by atoms with Gasteiger partial charge in [-0.05, 0) is 36.8 Å². The Kier molecular flexibility index (Phi) is 9.12. The Morgan fingerprint density at radius 3 is 2.35 bits per heavy atom. The Labute approximate surface area is 191 Å². The highest BCUT2D eigenvalue weighted by Gasteiger charge is 2.22. The van der Waals surface area contributed by atoms with Gasteiger partial charge >= 0.3 is 0 Å². The van der Waals surface area contributed by atoms with Crippen LogP contribution in [0.2, 0.25) is 10.0 Å². The lowest BCUT2D eigenvalue weighted by atomic mass is 10.1. The molecule has 2 aromatic rings. The van der Waals surface area contributed by atoms with Crippen LogP contribution >= 0.6 is 23.2 Å². The predicted octanol–water partition coefficient (Wildman–Crippen LogP) is 3.16. The number of para-hydroxylation sites is 1. The number of nitrogens with one attached hydrogen (secondary N) is 2. The fourth-order valence-corrected chi connectivity index (χ4v) is 4.06. The van der Waals surface area contributed by atoms with Crippen LogP contribution in [0.25, 0.3) is 0 Å². The minimum absolute atomic E-state index is 0.152. The Hall–Kier alpha value is -2.33. The smallest absolute Gasteiger partial charge is 0.253 e. The molecule has 2 amide bonds. The number of ether oxygens (including phenoxy) is 1. The van der Waals surface area contributed by atoms with E-state index >= 15 is 0 Å². The molecular weight excluding hydrogens is 465 g/mol. The molecule has 0 spiro atoms. The topological polar surface area (TPSA) is 105 Å². The zero-order chi connectivity index (χ0) is 23.0. The van der Waals surface area contributed by atoms with Crippen LogP contribution in [0.3, 0.4) is 0 Å². The first kappa shape index (κ1) is 24.9. The summed E-state index contributed by atoms with van der Waals surface area (Å²) >= 11 is 11.9. The van der Waals surface area contributed by atoms with E-state index in [4.69, 9.17) is 27.9 Å². The van der Waals surface area contributed by atoms with Crippen molar-refractivity contribution in [3.8, 4) is 0 Å². The highest BCUT2D eigenvalue weighted by molar-refractivity contribution is 7.92. The third kappa shape index (κ3) is 7.70. The SMILES string of the molecule is COCCCNC(=O)c1ccccc1NC(=O)CN(c1cc(Cl)cc(Cl)c1)S(C)(=O)=O. The van der Waals surface area contributed by atoms with Gasteiger partial charge in [-0.15, -0.1) is 0 Å². The molecule has 0 heterocycles. The second-order valence-corrected chi connectivity index (χ2v) is 9.37. The molecule has 0 aromatic heterocycles. The van der Waals surface area contributed by atoms with E-state index in [1.165, 1.54) is 18.2 Å². The summed E-state index contributed by atoms with van der Waals surface area (Å²) in [7, 11) is -2.25. The van der Waals surface area contributed by atoms with Crippen molar-refractivity contribution in [2.24, 2.45) is 0 Å². The van der Waals surface area contributed by atoms with Crippen LogP contribution in [0.15, 0.2) is 42.5 Å². The average molecular weight is 488 g/mol. The van der Waals surface area contributed by atoms with Crippen molar-refractivity contribution in [3.05, 3.63) is 58.1 Å². The Morgan fingerprint density at radius 1 is 1.10 bits per heavy atom. The molecule has 0 aliphatic carbocycles. The number of benzene rings is 2. The highest BCUT2D eigenvalue weighted by atomic mass is 35.5. The van der Waals surface area contributed by atoms with E-state index in [1.807, 2.05) is 0 Å². The lowest BCUT2D eigenvalue weighted by molar-refractivity contribution is -0.114. The fraction of sp³-hybridized carbons (Fsp3) is 0.300. The molecule has 0 saturated heterocycles. The second-order valence-electron chi connectivity index (χ2n) is 6.59. The van der Waals surface area contributed by atoms with E-state index in [2.05, 4.69) is 10.6 Å². The van der Waals surface area contributed by atoms with Crippen LogP contribution in [0.5, 0.6) is 0 Å². The van der Waals surface area contributed by atoms with Gasteiger partial charge in [0.15, 0.2) is 0 Å². The van der Waals surface area contributed by atoms with E-state index < -0.39 is 22.5 Å². The Balaban J connectivity index is 2.18. The van der Waals surface area contributed by atoms with Crippen molar-refractivity contribution in [2.75, 3.05) is 42.7 Å². The van der Waals surface area contributed by atoms with Crippen LogP contribution in [0.4, 0.5) is 11.4 Å². The quantitative estimate of drug-likeness (QED) is 0.500. The molecule has 2 N–H and O–H groups in total. The molecule has 0 unspecified atom stereocenters. The summed E-state index contributed by atoms with van der Waals surface area (Å²) in [6.45, 7) is 0.388. The molecule has 8 nitrogen and oxygen atoms in total. The largest absolute Gasteiger partial charge is 0.385 e. The van der Waals surface area contributed by atoms with E-state index in [0.717, 1.165) is 10.6 Å². The van der Waals surface area contributed by atoms with E-state index in [9.17, 15) is 18.0 Å². The van der Waals surface area contributed by atoms with Crippen LogP contribution in [0.1, 0.15) is 16.8 Å². The Morgan fingerprint density at radius 2 is 1.74 bits per heavy atom. The third-order valence-electron chi connectivity index (χ3n) is 4.08. The molecule has 0 bridgehead atoms. The fourth-order valence-electron chi connectivity index (χ4n) is 2.71. The molecule has 11 heteroatoms. The highest BCUT2D eigenvalue weighted by Crippen LogP contribution is 2.27. The standard InChI is InChI=1S/C20H23Cl2N3O5S/c1-30-9-5-8-23-20(27)17-6-3-4-7-18(17)24-19(26)13-25(31(2,28)29)16-11-14(21)10-15(22)12-16/h3-4,6-7,10-12H,5,8-9,13H2,1-2H3,(H,23,27)(H,24,26). The molecule has 168 valence electrons. The van der Waals surface area contributed by atoms with Gasteiger partial charge in [-0.25, -0.2) is 8.42 Å². The molecule has 0 saturated carbocycles. The van der Waals surface area contributed by atoms with Gasteiger partial charge in [0.05, 0.1) is 23.2 Å². The number of amides is 2. The lowest BCUT2D eigenvalue weighted by Crippen LogP contribution is -2.37. The number of carbonyl (C=O) groups is 2. The summed E-state index contributed by atoms with van der Waals surface area (Å²) in [4.78, 5) is 25.1. The molecule has 2 aromatic carbocycles. The number of hydrogen-bond donors (Lipinski definition) is 2. The number of hydrogen-bond acceptors (Lipinski definition) is 5. The molecule has 2 rings (SSSR count). The first-order valence-electron chi connectivity index (χ1n) is 9.21. The van der Waals surface area contributed by atoms with Crippen molar-refractivity contribution >= 4 is 56.4 Å². The van der Waals surface area contributed by atoms with Crippen LogP contribution < -0.4 is 14.9 Å². The summed E-state index contributed by atoms with van der Waals surface area (Å²) in [5.74, 6) is -1.00. The molecule has 0 aliphatic rings. The summed E-state index contributed by atoms with van der Waals surface area (Å²) in [5.41, 5.74) is 0.665. The van der Waals surface area contributed by atoms with Crippen molar-refractivity contribution < 1.29 is 22.7 Å². The number of anilines is 2. The zero-order valence-electron chi connectivity index (χ0n) is 17.0. The van der Waals surface area contributed by atoms with E-state index in [-0.39, 0.29) is 32.9 Å². The number of sulfonamides is 1. The zero-order valence-corrected chi connectivity index (χ0v) is 19.4. The van der Waals surface area contributed by atoms with Gasteiger partial charge < -0.3 is 15.4 Å². The van der Waals surface area contributed by atoms with Gasteiger partial charge in [-0.1, -0.05) is 35.3 Å². The minimum Gasteiger partial charge on any atom is -0.385 e. The summed E-state index contributed by atoms with van der Waals surface area (Å²) in [6.07, 6.45) is 1.61. The molecule has 31 heavy (non-hydrogen) atoms. The predicted molar refractivity (Wildman–Crippen MR) is 123 cm³/mol. The maximum absolute atomic E-state index is 12.7.